The number of aromatic nitrogens is 2. The second-order valence-corrected chi connectivity index (χ2v) is 11.6. The van der Waals surface area contributed by atoms with Gasteiger partial charge in [-0.2, -0.15) is 0 Å². The lowest BCUT2D eigenvalue weighted by Gasteiger charge is -2.47. The molecular weight excluding hydrogens is 556 g/mol. The van der Waals surface area contributed by atoms with E-state index in [2.05, 4.69) is 20.6 Å². The molecule has 1 aliphatic heterocycles. The van der Waals surface area contributed by atoms with Gasteiger partial charge in [-0.05, 0) is 44.9 Å². The molecule has 2 fully saturated rings. The fourth-order valence-corrected chi connectivity index (χ4v) is 6.09. The average Bonchev–Trinajstić information content (AvgIpc) is 3.38. The van der Waals surface area contributed by atoms with E-state index in [4.69, 9.17) is 32.4 Å². The van der Waals surface area contributed by atoms with Crippen molar-refractivity contribution in [3.8, 4) is 0 Å². The fraction of sp³-hybridized carbons (Fsp3) is 0.586. The molecule has 2 aromatic heterocycles. The number of aromatic amines is 1. The quantitative estimate of drug-likeness (QED) is 0.114. The van der Waals surface area contributed by atoms with Crippen LogP contribution < -0.4 is 33.6 Å². The Kier molecular flexibility index (Phi) is 9.93. The summed E-state index contributed by atoms with van der Waals surface area (Å²) in [6, 6.07) is 6.95. The van der Waals surface area contributed by atoms with E-state index in [1.165, 1.54) is 0 Å². The molecule has 0 radical (unpaired) electrons. The summed E-state index contributed by atoms with van der Waals surface area (Å²) in [6.45, 7) is 2.76. The highest BCUT2D eigenvalue weighted by Gasteiger charge is 2.48. The van der Waals surface area contributed by atoms with E-state index in [0.29, 0.717) is 38.0 Å². The van der Waals surface area contributed by atoms with Gasteiger partial charge in [0.2, 0.25) is 0 Å². The molecule has 1 aliphatic carbocycles. The van der Waals surface area contributed by atoms with Crippen LogP contribution in [0.4, 0.5) is 0 Å². The molecule has 10 atom stereocenters. The molecule has 14 nitrogen and oxygen atoms in total. The molecule has 1 saturated heterocycles. The van der Waals surface area contributed by atoms with Gasteiger partial charge in [-0.25, -0.2) is 4.98 Å². The Morgan fingerprint density at radius 2 is 1.81 bits per heavy atom. The van der Waals surface area contributed by atoms with Crippen LogP contribution in [0.1, 0.15) is 35.4 Å². The van der Waals surface area contributed by atoms with Crippen molar-refractivity contribution in [2.24, 2.45) is 22.9 Å². The zero-order valence-corrected chi connectivity index (χ0v) is 24.2. The summed E-state index contributed by atoms with van der Waals surface area (Å²) < 4.78 is 11.8. The number of fused-ring (bicyclic) bond motifs is 3. The first-order chi connectivity index (χ1) is 20.6. The number of hydrogen-bond acceptors (Lipinski definition) is 12. The minimum atomic E-state index is -1.30. The Morgan fingerprint density at radius 3 is 2.58 bits per heavy atom. The number of carbonyl (C=O) groups excluding carboxylic acids is 1. The number of ether oxygens (including phenoxy) is 2. The second kappa shape index (κ2) is 13.5. The number of hydrogen-bond donors (Lipinski definition) is 10. The Bertz CT molecular complexity index is 1400. The number of benzene rings is 1. The van der Waals surface area contributed by atoms with E-state index in [9.17, 15) is 20.1 Å². The van der Waals surface area contributed by atoms with Gasteiger partial charge in [-0.15, -0.1) is 0 Å². The molecule has 0 unspecified atom stereocenters. The highest BCUT2D eigenvalue weighted by Crippen LogP contribution is 2.28. The number of pyridine rings is 1. The molecule has 0 bridgehead atoms. The van der Waals surface area contributed by atoms with E-state index in [1.54, 1.807) is 0 Å². The molecule has 5 rings (SSSR count). The average molecular weight is 601 g/mol. The smallest absolute Gasteiger partial charge is 0.269 e. The van der Waals surface area contributed by atoms with Gasteiger partial charge in [0.25, 0.3) is 5.91 Å². The van der Waals surface area contributed by atoms with Crippen molar-refractivity contribution in [3.63, 3.8) is 0 Å². The Hall–Kier alpha value is -2.76. The van der Waals surface area contributed by atoms with Crippen LogP contribution in [0.15, 0.2) is 30.3 Å². The van der Waals surface area contributed by atoms with E-state index in [1.807, 2.05) is 37.3 Å². The number of unbranched alkanes of at least 4 members (excludes halogenated alkanes) is 1. The highest BCUT2D eigenvalue weighted by molar-refractivity contribution is 6.10. The maximum Gasteiger partial charge on any atom is 0.269 e. The predicted molar refractivity (Wildman–Crippen MR) is 161 cm³/mol. The largest absolute Gasteiger partial charge is 0.390 e. The van der Waals surface area contributed by atoms with E-state index < -0.39 is 61.0 Å². The highest BCUT2D eigenvalue weighted by atomic mass is 16.7. The van der Waals surface area contributed by atoms with Crippen molar-refractivity contribution in [1.29, 1.82) is 0 Å². The van der Waals surface area contributed by atoms with Crippen LogP contribution in [0, 0.1) is 6.92 Å². The summed E-state index contributed by atoms with van der Waals surface area (Å²) in [4.78, 5) is 20.8. The lowest BCUT2D eigenvalue weighted by molar-refractivity contribution is -0.279. The standard InChI is InChI=1S/C29H44N8O6/c1-13-22-15(14-6-2-3-7-18(14)37-22)10-19(36-13)28(41)35-9-5-4-8-34-23-24(38)16(31)11-17(32)27(23)43-29-21(33)26(40)25(39)20(12-30)42-29/h2-3,6-7,10,16-17,20-21,23-27,29,34,37-40H,4-5,8-9,11-12,30-33H2,1H3,(H,35,41)/t16-,17+,20-,21-,23+,24+,25-,26-,27-,29-/m1/s1. The Balaban J connectivity index is 1.14. The summed E-state index contributed by atoms with van der Waals surface area (Å²) in [6.07, 6.45) is -4.55. The SMILES string of the molecule is Cc1nc(C(=O)NCCCCN[C@H]2[C@@H](O)[C@H](N)C[C@H](N)[C@H]2O[C@H]2O[C@H](CN)[C@@H](O)[C@H](O)[C@H]2N)cc2c1[nH]c1ccccc12. The van der Waals surface area contributed by atoms with Crippen molar-refractivity contribution in [1.82, 2.24) is 20.6 Å². The van der Waals surface area contributed by atoms with Crippen molar-refractivity contribution in [3.05, 3.63) is 41.7 Å². The number of nitrogens with one attached hydrogen (secondary N) is 3. The number of nitrogens with two attached hydrogens (primary N) is 4. The van der Waals surface area contributed by atoms with Crippen LogP contribution in [0.3, 0.4) is 0 Å². The lowest BCUT2D eigenvalue weighted by Crippen LogP contribution is -2.69. The molecule has 14 N–H and O–H groups in total. The number of para-hydroxylation sites is 1. The van der Waals surface area contributed by atoms with E-state index >= 15 is 0 Å². The molecular formula is C29H44N8O6. The molecule has 2 aliphatic rings. The first-order valence-electron chi connectivity index (χ1n) is 14.8. The topological polar surface area (TPSA) is 253 Å². The number of aryl methyl sites for hydroxylation is 1. The first-order valence-corrected chi connectivity index (χ1v) is 14.8. The predicted octanol–water partition coefficient (Wildman–Crippen LogP) is -1.97. The second-order valence-electron chi connectivity index (χ2n) is 11.6. The Morgan fingerprint density at radius 1 is 1.07 bits per heavy atom. The molecule has 3 aromatic rings. The van der Waals surface area contributed by atoms with E-state index in [-0.39, 0.29) is 12.5 Å². The summed E-state index contributed by atoms with van der Waals surface area (Å²) in [5.74, 6) is -0.247. The molecule has 14 heteroatoms. The van der Waals surface area contributed by atoms with Gasteiger partial charge in [-0.1, -0.05) is 18.2 Å². The first kappa shape index (κ1) is 31.7. The van der Waals surface area contributed by atoms with Crippen LogP contribution in [-0.4, -0.2) is 112 Å². The van der Waals surface area contributed by atoms with Gasteiger partial charge >= 0.3 is 0 Å². The summed E-state index contributed by atoms with van der Waals surface area (Å²) in [7, 11) is 0. The number of aliphatic hydroxyl groups excluding tert-OH is 3. The van der Waals surface area contributed by atoms with Crippen molar-refractivity contribution < 1.29 is 29.6 Å². The molecule has 236 valence electrons. The van der Waals surface area contributed by atoms with Crippen molar-refractivity contribution >= 4 is 27.7 Å². The monoisotopic (exact) mass is 600 g/mol. The van der Waals surface area contributed by atoms with Crippen LogP contribution in [0.5, 0.6) is 0 Å². The number of aliphatic hydroxyl groups is 3. The number of amides is 1. The third kappa shape index (κ3) is 6.54. The van der Waals surface area contributed by atoms with Crippen LogP contribution in [0.2, 0.25) is 0 Å². The van der Waals surface area contributed by atoms with Gasteiger partial charge in [0.05, 0.1) is 35.5 Å². The lowest BCUT2D eigenvalue weighted by atomic mass is 9.82. The molecule has 43 heavy (non-hydrogen) atoms. The number of rotatable bonds is 10. The van der Waals surface area contributed by atoms with Crippen LogP contribution >= 0.6 is 0 Å². The maximum absolute atomic E-state index is 12.9. The summed E-state index contributed by atoms with van der Waals surface area (Å²) in [5.41, 5.74) is 27.3. The normalized spacial score (nSPS) is 33.2. The van der Waals surface area contributed by atoms with Crippen LogP contribution in [-0.2, 0) is 9.47 Å². The third-order valence-corrected chi connectivity index (χ3v) is 8.58. The molecule has 0 spiro atoms. The Labute approximate surface area is 249 Å². The third-order valence-electron chi connectivity index (χ3n) is 8.58. The van der Waals surface area contributed by atoms with Crippen molar-refractivity contribution in [2.45, 2.75) is 87.2 Å². The number of carbonyl (C=O) groups is 1. The number of nitrogens with zero attached hydrogens (tertiary/aromatic N) is 1. The van der Waals surface area contributed by atoms with Crippen LogP contribution in [0.25, 0.3) is 21.8 Å². The summed E-state index contributed by atoms with van der Waals surface area (Å²) in [5, 5.41) is 39.7. The van der Waals surface area contributed by atoms with Gasteiger partial charge in [0, 0.05) is 41.5 Å². The van der Waals surface area contributed by atoms with Gasteiger partial charge < -0.3 is 63.3 Å². The molecule has 1 amide bonds. The molecule has 1 aromatic carbocycles. The summed E-state index contributed by atoms with van der Waals surface area (Å²) >= 11 is 0. The maximum atomic E-state index is 12.9. The minimum Gasteiger partial charge on any atom is -0.390 e. The minimum absolute atomic E-state index is 0.0411. The van der Waals surface area contributed by atoms with E-state index in [0.717, 1.165) is 27.5 Å². The molecule has 3 heterocycles. The zero-order chi connectivity index (χ0) is 30.8. The van der Waals surface area contributed by atoms with Crippen molar-refractivity contribution in [2.75, 3.05) is 19.6 Å². The van der Waals surface area contributed by atoms with Gasteiger partial charge in [0.1, 0.15) is 24.0 Å². The fourth-order valence-electron chi connectivity index (χ4n) is 6.09. The number of H-pyrrole nitrogens is 1. The van der Waals surface area contributed by atoms with Gasteiger partial charge in [-0.3, -0.25) is 4.79 Å². The molecule has 1 saturated carbocycles. The zero-order valence-electron chi connectivity index (χ0n) is 24.2. The van der Waals surface area contributed by atoms with Gasteiger partial charge in [0.15, 0.2) is 6.29 Å².